The number of amides is 3. The summed E-state index contributed by atoms with van der Waals surface area (Å²) in [6.45, 7) is 6.43. The molecular formula is C22H30N3O2+. The molecular weight excluding hydrogens is 338 g/mol. The van der Waals surface area contributed by atoms with Gasteiger partial charge in [0.2, 0.25) is 0 Å². The lowest BCUT2D eigenvalue weighted by Gasteiger charge is -2.25. The highest BCUT2D eigenvalue weighted by molar-refractivity contribution is 5.96. The first-order valence-electron chi connectivity index (χ1n) is 9.47. The van der Waals surface area contributed by atoms with Crippen molar-refractivity contribution in [1.29, 1.82) is 0 Å². The van der Waals surface area contributed by atoms with Crippen LogP contribution in [-0.4, -0.2) is 19.0 Å². The molecule has 2 aromatic carbocycles. The summed E-state index contributed by atoms with van der Waals surface area (Å²) in [6.07, 6.45) is 0.998. The van der Waals surface area contributed by atoms with Crippen molar-refractivity contribution >= 4 is 11.9 Å². The molecule has 2 atom stereocenters. The number of benzene rings is 2. The monoisotopic (exact) mass is 368 g/mol. The number of rotatable bonds is 7. The molecule has 5 nitrogen and oxygen atoms in total. The molecule has 0 saturated carbocycles. The molecule has 0 fully saturated rings. The molecule has 0 aromatic heterocycles. The first kappa shape index (κ1) is 20.6. The van der Waals surface area contributed by atoms with Crippen LogP contribution in [0.15, 0.2) is 54.6 Å². The second kappa shape index (κ2) is 9.88. The molecule has 2 rings (SSSR count). The third-order valence-electron chi connectivity index (χ3n) is 4.80. The molecule has 0 saturated heterocycles. The highest BCUT2D eigenvalue weighted by Gasteiger charge is 2.31. The molecule has 5 heteroatoms. The van der Waals surface area contributed by atoms with Gasteiger partial charge in [0.15, 0.2) is 6.04 Å². The summed E-state index contributed by atoms with van der Waals surface area (Å²) < 4.78 is 0. The van der Waals surface area contributed by atoms with Crippen LogP contribution in [0.5, 0.6) is 0 Å². The van der Waals surface area contributed by atoms with Gasteiger partial charge in [-0.2, -0.15) is 0 Å². The zero-order chi connectivity index (χ0) is 19.8. The normalized spacial score (nSPS) is 13.1. The minimum Gasteiger partial charge on any atom is -0.341 e. The van der Waals surface area contributed by atoms with Crippen molar-refractivity contribution in [2.75, 3.05) is 7.05 Å². The van der Waals surface area contributed by atoms with E-state index in [1.165, 1.54) is 18.2 Å². The maximum absolute atomic E-state index is 12.8. The topological polar surface area (TPSA) is 74.8 Å². The van der Waals surface area contributed by atoms with Crippen molar-refractivity contribution in [3.8, 4) is 0 Å². The van der Waals surface area contributed by atoms with Gasteiger partial charge < -0.3 is 10.6 Å². The van der Waals surface area contributed by atoms with Gasteiger partial charge in [0.25, 0.3) is 5.91 Å². The smallest absolute Gasteiger partial charge is 0.321 e. The Hall–Kier alpha value is -2.66. The van der Waals surface area contributed by atoms with E-state index in [1.54, 1.807) is 0 Å². The van der Waals surface area contributed by atoms with Crippen LogP contribution in [-0.2, 0) is 11.2 Å². The van der Waals surface area contributed by atoms with Crippen molar-refractivity contribution < 1.29 is 14.9 Å². The SMILES string of the molecule is CCc1ccc([C@@H]([NH2+][C@H](C(=O)NC(=O)NC)c2ccccc2)C(C)C)cc1. The fraction of sp³-hybridized carbons (Fsp3) is 0.364. The molecule has 0 aliphatic rings. The Labute approximate surface area is 161 Å². The van der Waals surface area contributed by atoms with E-state index in [0.717, 1.165) is 12.0 Å². The molecule has 0 radical (unpaired) electrons. The van der Waals surface area contributed by atoms with Crippen molar-refractivity contribution in [3.63, 3.8) is 0 Å². The van der Waals surface area contributed by atoms with Crippen LogP contribution in [0, 0.1) is 5.92 Å². The molecule has 2 aromatic rings. The molecule has 0 aliphatic carbocycles. The van der Waals surface area contributed by atoms with Crippen LogP contribution in [0.25, 0.3) is 0 Å². The maximum atomic E-state index is 12.8. The van der Waals surface area contributed by atoms with Crippen LogP contribution in [0.3, 0.4) is 0 Å². The molecule has 0 heterocycles. The summed E-state index contributed by atoms with van der Waals surface area (Å²) in [6, 6.07) is 17.2. The van der Waals surface area contributed by atoms with Gasteiger partial charge in [-0.05, 0) is 12.0 Å². The number of imide groups is 1. The number of hydrogen-bond acceptors (Lipinski definition) is 2. The van der Waals surface area contributed by atoms with Crippen molar-refractivity contribution in [2.24, 2.45) is 5.92 Å². The Morgan fingerprint density at radius 1 is 0.963 bits per heavy atom. The maximum Gasteiger partial charge on any atom is 0.321 e. The molecule has 0 unspecified atom stereocenters. The zero-order valence-electron chi connectivity index (χ0n) is 16.5. The van der Waals surface area contributed by atoms with Gasteiger partial charge in [-0.15, -0.1) is 0 Å². The predicted molar refractivity (Wildman–Crippen MR) is 107 cm³/mol. The van der Waals surface area contributed by atoms with E-state index in [0.29, 0.717) is 5.92 Å². The molecule has 3 amide bonds. The van der Waals surface area contributed by atoms with Crippen LogP contribution in [0.2, 0.25) is 0 Å². The van der Waals surface area contributed by atoms with E-state index in [-0.39, 0.29) is 11.9 Å². The van der Waals surface area contributed by atoms with Crippen molar-refractivity contribution in [3.05, 3.63) is 71.3 Å². The van der Waals surface area contributed by atoms with E-state index < -0.39 is 12.1 Å². The number of carbonyl (C=O) groups is 2. The number of carbonyl (C=O) groups excluding carboxylic acids is 2. The standard InChI is InChI=1S/C22H29N3O2/c1-5-16-11-13-18(14-12-16)19(15(2)3)24-20(17-9-7-6-8-10-17)21(26)25-22(27)23-4/h6-15,19-20,24H,5H2,1-4H3,(H2,23,25,26,27)/p+1/t19-,20-/m0/s1. The summed E-state index contributed by atoms with van der Waals surface area (Å²) in [7, 11) is 1.50. The van der Waals surface area contributed by atoms with Crippen molar-refractivity contribution in [1.82, 2.24) is 10.6 Å². The summed E-state index contributed by atoms with van der Waals surface area (Å²) in [5.74, 6) is -0.00660. The van der Waals surface area contributed by atoms with Gasteiger partial charge in [0, 0.05) is 24.1 Å². The van der Waals surface area contributed by atoms with Gasteiger partial charge in [0.1, 0.15) is 6.04 Å². The van der Waals surface area contributed by atoms with E-state index in [1.807, 2.05) is 30.3 Å². The fourth-order valence-electron chi connectivity index (χ4n) is 3.16. The number of urea groups is 1. The highest BCUT2D eigenvalue weighted by atomic mass is 16.2. The zero-order valence-corrected chi connectivity index (χ0v) is 16.5. The Morgan fingerprint density at radius 2 is 1.59 bits per heavy atom. The molecule has 0 bridgehead atoms. The van der Waals surface area contributed by atoms with E-state index in [9.17, 15) is 9.59 Å². The Kier molecular flexibility index (Phi) is 7.55. The summed E-state index contributed by atoms with van der Waals surface area (Å²) in [5.41, 5.74) is 3.34. The van der Waals surface area contributed by atoms with Crippen molar-refractivity contribution in [2.45, 2.75) is 39.3 Å². The molecule has 27 heavy (non-hydrogen) atoms. The Morgan fingerprint density at radius 3 is 2.11 bits per heavy atom. The fourth-order valence-corrected chi connectivity index (χ4v) is 3.16. The number of hydrogen-bond donors (Lipinski definition) is 3. The van der Waals surface area contributed by atoms with Gasteiger partial charge in [-0.1, -0.05) is 75.4 Å². The second-order valence-electron chi connectivity index (χ2n) is 7.01. The van der Waals surface area contributed by atoms with E-state index in [2.05, 4.69) is 61.0 Å². The van der Waals surface area contributed by atoms with E-state index in [4.69, 9.17) is 0 Å². The number of quaternary nitrogens is 1. The van der Waals surface area contributed by atoms with Gasteiger partial charge >= 0.3 is 6.03 Å². The number of nitrogens with one attached hydrogen (secondary N) is 2. The highest BCUT2D eigenvalue weighted by Crippen LogP contribution is 2.21. The Bertz CT molecular complexity index is 742. The van der Waals surface area contributed by atoms with Crippen LogP contribution in [0.4, 0.5) is 4.79 Å². The summed E-state index contributed by atoms with van der Waals surface area (Å²) >= 11 is 0. The molecule has 0 aliphatic heterocycles. The minimum absolute atomic E-state index is 0.0940. The summed E-state index contributed by atoms with van der Waals surface area (Å²) in [5, 5.41) is 6.91. The number of aryl methyl sites for hydroxylation is 1. The average Bonchev–Trinajstić information content (AvgIpc) is 2.69. The lowest BCUT2D eigenvalue weighted by molar-refractivity contribution is -0.728. The minimum atomic E-state index is -0.512. The van der Waals surface area contributed by atoms with Gasteiger partial charge in [-0.25, -0.2) is 4.79 Å². The average molecular weight is 369 g/mol. The lowest BCUT2D eigenvalue weighted by Crippen LogP contribution is -2.89. The van der Waals surface area contributed by atoms with Crippen LogP contribution >= 0.6 is 0 Å². The third-order valence-corrected chi connectivity index (χ3v) is 4.80. The van der Waals surface area contributed by atoms with E-state index >= 15 is 0 Å². The molecule has 4 N–H and O–H groups in total. The van der Waals surface area contributed by atoms with Gasteiger partial charge in [0.05, 0.1) is 0 Å². The van der Waals surface area contributed by atoms with Gasteiger partial charge in [-0.3, -0.25) is 10.1 Å². The summed E-state index contributed by atoms with van der Waals surface area (Å²) in [4.78, 5) is 24.5. The predicted octanol–water partition coefficient (Wildman–Crippen LogP) is 2.71. The quantitative estimate of drug-likeness (QED) is 0.703. The molecule has 0 spiro atoms. The Balaban J connectivity index is 2.32. The third kappa shape index (κ3) is 5.66. The largest absolute Gasteiger partial charge is 0.341 e. The van der Waals surface area contributed by atoms with Crippen LogP contribution < -0.4 is 16.0 Å². The first-order chi connectivity index (χ1) is 13.0. The molecule has 144 valence electrons. The number of nitrogens with two attached hydrogens (primary N) is 1. The first-order valence-corrected chi connectivity index (χ1v) is 9.47. The van der Waals surface area contributed by atoms with Crippen LogP contribution in [0.1, 0.15) is 49.5 Å². The second-order valence-corrected chi connectivity index (χ2v) is 7.01. The lowest BCUT2D eigenvalue weighted by atomic mass is 9.93.